The number of rotatable bonds is 0. The molecule has 1 heteroatoms. The Bertz CT molecular complexity index is 254. The van der Waals surface area contributed by atoms with Gasteiger partial charge in [-0.1, -0.05) is 20.8 Å². The highest BCUT2D eigenvalue weighted by Crippen LogP contribution is 2.54. The SMILES string of the molecule is CC1(C)CC[C@@]2(C)CCC(=O)C[C@@H]2C1. The molecule has 0 aromatic carbocycles. The normalized spacial score (nSPS) is 41.9. The standard InChI is InChI=1S/C13H22O/c1-12(2)6-7-13(3)5-4-11(14)8-10(13)9-12/h10H,4-9H2,1-3H3/t10-,13-/m1/s1. The molecule has 2 aliphatic carbocycles. The van der Waals surface area contributed by atoms with Crippen LogP contribution in [0.3, 0.4) is 0 Å². The largest absolute Gasteiger partial charge is 0.300 e. The summed E-state index contributed by atoms with van der Waals surface area (Å²) in [5.74, 6) is 1.18. The van der Waals surface area contributed by atoms with Crippen molar-refractivity contribution in [2.24, 2.45) is 16.7 Å². The monoisotopic (exact) mass is 194 g/mol. The van der Waals surface area contributed by atoms with Gasteiger partial charge in [-0.15, -0.1) is 0 Å². The maximum atomic E-state index is 11.5. The fourth-order valence-electron chi connectivity index (χ4n) is 3.29. The van der Waals surface area contributed by atoms with Crippen molar-refractivity contribution >= 4 is 5.78 Å². The van der Waals surface area contributed by atoms with E-state index < -0.39 is 0 Å². The van der Waals surface area contributed by atoms with Gasteiger partial charge in [0.15, 0.2) is 0 Å². The predicted molar refractivity (Wildman–Crippen MR) is 58.1 cm³/mol. The lowest BCUT2D eigenvalue weighted by Crippen LogP contribution is -2.41. The number of fused-ring (bicyclic) bond motifs is 1. The van der Waals surface area contributed by atoms with E-state index in [9.17, 15) is 4.79 Å². The van der Waals surface area contributed by atoms with Gasteiger partial charge >= 0.3 is 0 Å². The van der Waals surface area contributed by atoms with Crippen molar-refractivity contribution in [3.8, 4) is 0 Å². The third-order valence-electron chi connectivity index (χ3n) is 4.61. The van der Waals surface area contributed by atoms with Crippen LogP contribution in [-0.2, 0) is 4.79 Å². The van der Waals surface area contributed by atoms with E-state index in [0.29, 0.717) is 22.5 Å². The highest BCUT2D eigenvalue weighted by molar-refractivity contribution is 5.79. The second-order valence-corrected chi connectivity index (χ2v) is 6.46. The number of hydrogen-bond acceptors (Lipinski definition) is 1. The van der Waals surface area contributed by atoms with Crippen molar-refractivity contribution in [1.29, 1.82) is 0 Å². The van der Waals surface area contributed by atoms with Gasteiger partial charge in [0.1, 0.15) is 5.78 Å². The van der Waals surface area contributed by atoms with Gasteiger partial charge in [0.05, 0.1) is 0 Å². The van der Waals surface area contributed by atoms with Crippen LogP contribution in [0.2, 0.25) is 0 Å². The van der Waals surface area contributed by atoms with Crippen molar-refractivity contribution in [2.45, 2.75) is 59.3 Å². The molecular weight excluding hydrogens is 172 g/mol. The van der Waals surface area contributed by atoms with E-state index in [1.165, 1.54) is 19.3 Å². The fourth-order valence-corrected chi connectivity index (χ4v) is 3.29. The molecule has 0 unspecified atom stereocenters. The first kappa shape index (κ1) is 10.2. The first-order chi connectivity index (χ1) is 6.41. The summed E-state index contributed by atoms with van der Waals surface area (Å²) in [5.41, 5.74) is 0.964. The Labute approximate surface area is 87.3 Å². The highest BCUT2D eigenvalue weighted by Gasteiger charge is 2.45. The van der Waals surface area contributed by atoms with Crippen molar-refractivity contribution < 1.29 is 4.79 Å². The summed E-state index contributed by atoms with van der Waals surface area (Å²) in [6, 6.07) is 0. The van der Waals surface area contributed by atoms with Crippen molar-refractivity contribution in [1.82, 2.24) is 0 Å². The molecule has 0 N–H and O–H groups in total. The van der Waals surface area contributed by atoms with E-state index in [1.54, 1.807) is 0 Å². The average molecular weight is 194 g/mol. The second kappa shape index (κ2) is 3.08. The molecule has 0 saturated heterocycles. The Kier molecular flexibility index (Phi) is 2.24. The predicted octanol–water partition coefficient (Wildman–Crippen LogP) is 3.57. The molecule has 14 heavy (non-hydrogen) atoms. The van der Waals surface area contributed by atoms with Crippen LogP contribution in [0, 0.1) is 16.7 Å². The summed E-state index contributed by atoms with van der Waals surface area (Å²) < 4.78 is 0. The van der Waals surface area contributed by atoms with E-state index in [1.807, 2.05) is 0 Å². The molecule has 80 valence electrons. The van der Waals surface area contributed by atoms with Crippen molar-refractivity contribution in [3.05, 3.63) is 0 Å². The molecule has 0 bridgehead atoms. The van der Waals surface area contributed by atoms with E-state index in [-0.39, 0.29) is 0 Å². The first-order valence-corrected chi connectivity index (χ1v) is 5.93. The topological polar surface area (TPSA) is 17.1 Å². The molecule has 2 aliphatic rings. The Morgan fingerprint density at radius 3 is 2.57 bits per heavy atom. The quantitative estimate of drug-likeness (QED) is 0.576. The van der Waals surface area contributed by atoms with Crippen LogP contribution in [0.25, 0.3) is 0 Å². The lowest BCUT2D eigenvalue weighted by Gasteiger charge is -2.50. The van der Waals surface area contributed by atoms with E-state index in [2.05, 4.69) is 20.8 Å². The minimum atomic E-state index is 0.474. The summed E-state index contributed by atoms with van der Waals surface area (Å²) in [4.78, 5) is 11.5. The van der Waals surface area contributed by atoms with E-state index >= 15 is 0 Å². The summed E-state index contributed by atoms with van der Waals surface area (Å²) >= 11 is 0. The molecule has 2 rings (SSSR count). The van der Waals surface area contributed by atoms with Gasteiger partial charge in [0, 0.05) is 12.8 Å². The van der Waals surface area contributed by atoms with Gasteiger partial charge in [0.25, 0.3) is 0 Å². The number of ketones is 1. The van der Waals surface area contributed by atoms with Gasteiger partial charge in [-0.25, -0.2) is 0 Å². The fraction of sp³-hybridized carbons (Fsp3) is 0.923. The third kappa shape index (κ3) is 1.74. The van der Waals surface area contributed by atoms with Crippen LogP contribution in [0.1, 0.15) is 59.3 Å². The Morgan fingerprint density at radius 1 is 1.14 bits per heavy atom. The Morgan fingerprint density at radius 2 is 1.86 bits per heavy atom. The van der Waals surface area contributed by atoms with Gasteiger partial charge in [-0.3, -0.25) is 4.79 Å². The molecule has 0 radical (unpaired) electrons. The average Bonchev–Trinajstić information content (AvgIpc) is 2.08. The summed E-state index contributed by atoms with van der Waals surface area (Å²) in [5, 5.41) is 0. The molecule has 2 atom stereocenters. The number of hydrogen-bond donors (Lipinski definition) is 0. The third-order valence-corrected chi connectivity index (χ3v) is 4.61. The minimum Gasteiger partial charge on any atom is -0.300 e. The molecule has 2 fully saturated rings. The van der Waals surface area contributed by atoms with Crippen LogP contribution in [0.4, 0.5) is 0 Å². The maximum Gasteiger partial charge on any atom is 0.133 e. The van der Waals surface area contributed by atoms with Crippen LogP contribution in [0.5, 0.6) is 0 Å². The zero-order valence-electron chi connectivity index (χ0n) is 9.73. The second-order valence-electron chi connectivity index (χ2n) is 6.46. The first-order valence-electron chi connectivity index (χ1n) is 5.93. The number of Topliss-reactive ketones (excluding diaryl/α,β-unsaturated/α-hetero) is 1. The number of carbonyl (C=O) groups excluding carboxylic acids is 1. The molecule has 0 amide bonds. The molecule has 1 nitrogen and oxygen atoms in total. The molecule has 0 aliphatic heterocycles. The molecule has 0 spiro atoms. The van der Waals surface area contributed by atoms with E-state index in [0.717, 1.165) is 19.3 Å². The maximum absolute atomic E-state index is 11.5. The Balaban J connectivity index is 2.15. The summed E-state index contributed by atoms with van der Waals surface area (Å²) in [6.45, 7) is 7.11. The molecule has 0 aromatic rings. The van der Waals surface area contributed by atoms with Crippen molar-refractivity contribution in [3.63, 3.8) is 0 Å². The van der Waals surface area contributed by atoms with Crippen LogP contribution in [-0.4, -0.2) is 5.78 Å². The van der Waals surface area contributed by atoms with Crippen LogP contribution >= 0.6 is 0 Å². The van der Waals surface area contributed by atoms with Gasteiger partial charge in [-0.2, -0.15) is 0 Å². The zero-order valence-corrected chi connectivity index (χ0v) is 9.73. The zero-order chi connectivity index (χ0) is 10.4. The molecule has 0 aromatic heterocycles. The van der Waals surface area contributed by atoms with Crippen LogP contribution in [0.15, 0.2) is 0 Å². The molecule has 0 heterocycles. The van der Waals surface area contributed by atoms with Gasteiger partial charge in [0.2, 0.25) is 0 Å². The lowest BCUT2D eigenvalue weighted by atomic mass is 9.55. The lowest BCUT2D eigenvalue weighted by molar-refractivity contribution is -0.127. The van der Waals surface area contributed by atoms with Crippen LogP contribution < -0.4 is 0 Å². The smallest absolute Gasteiger partial charge is 0.133 e. The minimum absolute atomic E-state index is 0.474. The Hall–Kier alpha value is -0.330. The molecular formula is C13H22O. The highest BCUT2D eigenvalue weighted by atomic mass is 16.1. The number of carbonyl (C=O) groups is 1. The molecule has 2 saturated carbocycles. The van der Waals surface area contributed by atoms with Gasteiger partial charge in [-0.05, 0) is 42.4 Å². The van der Waals surface area contributed by atoms with Crippen molar-refractivity contribution in [2.75, 3.05) is 0 Å². The summed E-state index contributed by atoms with van der Waals surface area (Å²) in [7, 11) is 0. The van der Waals surface area contributed by atoms with E-state index in [4.69, 9.17) is 0 Å². The summed E-state index contributed by atoms with van der Waals surface area (Å²) in [6.07, 6.45) is 6.78. The van der Waals surface area contributed by atoms with Gasteiger partial charge < -0.3 is 0 Å².